The lowest BCUT2D eigenvalue weighted by Crippen LogP contribution is -2.41. The third-order valence-corrected chi connectivity index (χ3v) is 3.72. The number of thiazole rings is 1. The second kappa shape index (κ2) is 7.33. The van der Waals surface area contributed by atoms with Crippen LogP contribution in [-0.4, -0.2) is 40.7 Å². The first-order valence-electron chi connectivity index (χ1n) is 6.16. The van der Waals surface area contributed by atoms with Crippen molar-refractivity contribution in [3.8, 4) is 0 Å². The molecule has 5 nitrogen and oxygen atoms in total. The standard InChI is InChI=1S/C12H21N3O2S/c1-4-15(5-6-16)12(17)13-7-10-8-18-11(14-10)9(2)3/h8-9,16H,4-7H2,1-3H3,(H,13,17). The van der Waals surface area contributed by atoms with Crippen LogP contribution in [0, 0.1) is 0 Å². The number of rotatable bonds is 6. The third-order valence-electron chi connectivity index (χ3n) is 2.52. The van der Waals surface area contributed by atoms with Gasteiger partial charge in [0.1, 0.15) is 0 Å². The van der Waals surface area contributed by atoms with Gasteiger partial charge in [0.25, 0.3) is 0 Å². The minimum Gasteiger partial charge on any atom is -0.395 e. The maximum Gasteiger partial charge on any atom is 0.317 e. The van der Waals surface area contributed by atoms with Crippen LogP contribution in [0.3, 0.4) is 0 Å². The summed E-state index contributed by atoms with van der Waals surface area (Å²) in [5.74, 6) is 0.418. The summed E-state index contributed by atoms with van der Waals surface area (Å²) in [6, 6.07) is -0.161. The number of carbonyl (C=O) groups is 1. The van der Waals surface area contributed by atoms with Crippen LogP contribution < -0.4 is 5.32 Å². The molecule has 0 saturated heterocycles. The van der Waals surface area contributed by atoms with Crippen LogP contribution in [0.15, 0.2) is 5.38 Å². The molecule has 0 unspecified atom stereocenters. The molecular formula is C12H21N3O2S. The van der Waals surface area contributed by atoms with Gasteiger partial charge in [-0.2, -0.15) is 0 Å². The van der Waals surface area contributed by atoms with Crippen LogP contribution in [0.5, 0.6) is 0 Å². The van der Waals surface area contributed by atoms with Crippen LogP contribution in [0.25, 0.3) is 0 Å². The molecule has 18 heavy (non-hydrogen) atoms. The Balaban J connectivity index is 2.46. The maximum atomic E-state index is 11.8. The van der Waals surface area contributed by atoms with E-state index in [-0.39, 0.29) is 12.6 Å². The highest BCUT2D eigenvalue weighted by Crippen LogP contribution is 2.18. The van der Waals surface area contributed by atoms with Crippen LogP contribution in [0.2, 0.25) is 0 Å². The molecule has 0 radical (unpaired) electrons. The van der Waals surface area contributed by atoms with Crippen LogP contribution >= 0.6 is 11.3 Å². The normalized spacial score (nSPS) is 10.7. The van der Waals surface area contributed by atoms with Gasteiger partial charge in [-0.05, 0) is 6.92 Å². The zero-order chi connectivity index (χ0) is 13.5. The van der Waals surface area contributed by atoms with Gasteiger partial charge in [-0.25, -0.2) is 9.78 Å². The molecule has 2 N–H and O–H groups in total. The third kappa shape index (κ3) is 4.27. The predicted molar refractivity (Wildman–Crippen MR) is 72.8 cm³/mol. The van der Waals surface area contributed by atoms with Crippen LogP contribution in [-0.2, 0) is 6.54 Å². The van der Waals surface area contributed by atoms with Crippen molar-refractivity contribution in [1.82, 2.24) is 15.2 Å². The Labute approximate surface area is 112 Å². The molecule has 0 aliphatic heterocycles. The van der Waals surface area contributed by atoms with E-state index in [4.69, 9.17) is 5.11 Å². The summed E-state index contributed by atoms with van der Waals surface area (Å²) >= 11 is 1.62. The molecule has 1 rings (SSSR count). The number of hydrogen-bond acceptors (Lipinski definition) is 4. The largest absolute Gasteiger partial charge is 0.395 e. The quantitative estimate of drug-likeness (QED) is 0.829. The fraction of sp³-hybridized carbons (Fsp3) is 0.667. The Hall–Kier alpha value is -1.14. The summed E-state index contributed by atoms with van der Waals surface area (Å²) in [5.41, 5.74) is 0.886. The maximum absolute atomic E-state index is 11.8. The van der Waals surface area contributed by atoms with E-state index in [9.17, 15) is 4.79 Å². The first-order valence-corrected chi connectivity index (χ1v) is 7.04. The first-order chi connectivity index (χ1) is 8.58. The molecule has 0 bridgehead atoms. The average molecular weight is 271 g/mol. The Morgan fingerprint density at radius 2 is 2.33 bits per heavy atom. The smallest absolute Gasteiger partial charge is 0.317 e. The summed E-state index contributed by atoms with van der Waals surface area (Å²) in [6.07, 6.45) is 0. The van der Waals surface area contributed by atoms with Gasteiger partial charge in [0, 0.05) is 24.4 Å². The summed E-state index contributed by atoms with van der Waals surface area (Å²) in [7, 11) is 0. The number of aliphatic hydroxyl groups excluding tert-OH is 1. The monoisotopic (exact) mass is 271 g/mol. The number of amides is 2. The number of carbonyl (C=O) groups excluding carboxylic acids is 1. The van der Waals surface area contributed by atoms with Crippen LogP contribution in [0.4, 0.5) is 4.79 Å². The van der Waals surface area contributed by atoms with Crippen molar-refractivity contribution in [1.29, 1.82) is 0 Å². The highest BCUT2D eigenvalue weighted by Gasteiger charge is 2.11. The van der Waals surface area contributed by atoms with Gasteiger partial charge in [-0.15, -0.1) is 11.3 Å². The lowest BCUT2D eigenvalue weighted by atomic mass is 10.2. The summed E-state index contributed by atoms with van der Waals surface area (Å²) in [4.78, 5) is 17.8. The van der Waals surface area contributed by atoms with Crippen molar-refractivity contribution >= 4 is 17.4 Å². The second-order valence-corrected chi connectivity index (χ2v) is 5.18. The Bertz CT molecular complexity index is 379. The van der Waals surface area contributed by atoms with E-state index in [2.05, 4.69) is 24.1 Å². The van der Waals surface area contributed by atoms with Crippen molar-refractivity contribution < 1.29 is 9.90 Å². The number of aromatic nitrogens is 1. The predicted octanol–water partition coefficient (Wildman–Crippen LogP) is 1.79. The molecule has 1 aromatic heterocycles. The Morgan fingerprint density at radius 1 is 1.61 bits per heavy atom. The van der Waals surface area contributed by atoms with E-state index in [0.29, 0.717) is 25.6 Å². The number of aliphatic hydroxyl groups is 1. The number of urea groups is 1. The minimum absolute atomic E-state index is 0.0184. The molecule has 0 aliphatic rings. The number of likely N-dealkylation sites (N-methyl/N-ethyl adjacent to an activating group) is 1. The van der Waals surface area contributed by atoms with Crippen molar-refractivity contribution in [3.63, 3.8) is 0 Å². The Kier molecular flexibility index (Phi) is 6.07. The summed E-state index contributed by atoms with van der Waals surface area (Å²) < 4.78 is 0. The minimum atomic E-state index is -0.161. The van der Waals surface area contributed by atoms with E-state index in [1.807, 2.05) is 12.3 Å². The van der Waals surface area contributed by atoms with Gasteiger partial charge in [-0.3, -0.25) is 0 Å². The summed E-state index contributed by atoms with van der Waals surface area (Å²) in [6.45, 7) is 7.44. The first kappa shape index (κ1) is 14.9. The number of nitrogens with one attached hydrogen (secondary N) is 1. The lowest BCUT2D eigenvalue weighted by Gasteiger charge is -2.19. The molecule has 102 valence electrons. The molecule has 0 aromatic carbocycles. The average Bonchev–Trinajstić information content (AvgIpc) is 2.82. The lowest BCUT2D eigenvalue weighted by molar-refractivity contribution is 0.180. The molecule has 0 fully saturated rings. The van der Waals surface area contributed by atoms with E-state index >= 15 is 0 Å². The number of hydrogen-bond donors (Lipinski definition) is 2. The molecule has 6 heteroatoms. The van der Waals surface area contributed by atoms with Crippen molar-refractivity contribution in [3.05, 3.63) is 16.1 Å². The van der Waals surface area contributed by atoms with Gasteiger partial charge < -0.3 is 15.3 Å². The zero-order valence-corrected chi connectivity index (χ0v) is 12.0. The molecule has 1 aromatic rings. The molecule has 0 aliphatic carbocycles. The molecule has 2 amide bonds. The van der Waals surface area contributed by atoms with E-state index in [1.165, 1.54) is 0 Å². The second-order valence-electron chi connectivity index (χ2n) is 4.29. The molecular weight excluding hydrogens is 250 g/mol. The fourth-order valence-corrected chi connectivity index (χ4v) is 2.31. The zero-order valence-electron chi connectivity index (χ0n) is 11.1. The topological polar surface area (TPSA) is 65.5 Å². The van der Waals surface area contributed by atoms with Crippen molar-refractivity contribution in [2.75, 3.05) is 19.7 Å². The van der Waals surface area contributed by atoms with E-state index in [0.717, 1.165) is 10.7 Å². The van der Waals surface area contributed by atoms with Gasteiger partial charge >= 0.3 is 6.03 Å². The SMILES string of the molecule is CCN(CCO)C(=O)NCc1csc(C(C)C)n1. The fourth-order valence-electron chi connectivity index (χ4n) is 1.47. The van der Waals surface area contributed by atoms with Crippen LogP contribution in [0.1, 0.15) is 37.4 Å². The molecule has 0 spiro atoms. The van der Waals surface area contributed by atoms with E-state index in [1.54, 1.807) is 16.2 Å². The van der Waals surface area contributed by atoms with Crippen molar-refractivity contribution in [2.45, 2.75) is 33.2 Å². The molecule has 1 heterocycles. The van der Waals surface area contributed by atoms with Gasteiger partial charge in [0.05, 0.1) is 23.9 Å². The van der Waals surface area contributed by atoms with Gasteiger partial charge in [0.2, 0.25) is 0 Å². The molecule has 0 saturated carbocycles. The molecule has 0 atom stereocenters. The van der Waals surface area contributed by atoms with E-state index < -0.39 is 0 Å². The Morgan fingerprint density at radius 3 is 2.83 bits per heavy atom. The summed E-state index contributed by atoms with van der Waals surface area (Å²) in [5, 5.41) is 14.7. The highest BCUT2D eigenvalue weighted by atomic mass is 32.1. The number of nitrogens with zero attached hydrogens (tertiary/aromatic N) is 2. The van der Waals surface area contributed by atoms with Crippen molar-refractivity contribution in [2.24, 2.45) is 0 Å². The van der Waals surface area contributed by atoms with Gasteiger partial charge in [-0.1, -0.05) is 13.8 Å². The van der Waals surface area contributed by atoms with Gasteiger partial charge in [0.15, 0.2) is 0 Å². The highest BCUT2D eigenvalue weighted by molar-refractivity contribution is 7.09.